The first kappa shape index (κ1) is 23.6. The fourth-order valence-electron chi connectivity index (χ4n) is 5.11. The summed E-state index contributed by atoms with van der Waals surface area (Å²) in [4.78, 5) is 32.3. The lowest BCUT2D eigenvalue weighted by Gasteiger charge is -2.42. The van der Waals surface area contributed by atoms with Gasteiger partial charge in [-0.1, -0.05) is 30.3 Å². The number of ether oxygens (including phenoxy) is 1. The second-order valence-electron chi connectivity index (χ2n) is 9.17. The van der Waals surface area contributed by atoms with Crippen molar-refractivity contribution in [2.75, 3.05) is 26.7 Å². The summed E-state index contributed by atoms with van der Waals surface area (Å²) in [6, 6.07) is 20.3. The molecule has 36 heavy (non-hydrogen) atoms. The first-order chi connectivity index (χ1) is 17.5. The number of methoxy groups -OCH3 is 1. The third-order valence-electron chi connectivity index (χ3n) is 7.03. The molecule has 0 saturated carbocycles. The molecule has 0 aliphatic carbocycles. The van der Waals surface area contributed by atoms with Gasteiger partial charge in [-0.05, 0) is 54.4 Å². The van der Waals surface area contributed by atoms with Crippen LogP contribution >= 0.6 is 0 Å². The van der Waals surface area contributed by atoms with Crippen LogP contribution in [0.25, 0.3) is 10.9 Å². The van der Waals surface area contributed by atoms with E-state index in [1.54, 1.807) is 19.2 Å². The molecule has 3 aromatic carbocycles. The molecule has 0 spiro atoms. The molecule has 1 atom stereocenters. The van der Waals surface area contributed by atoms with Gasteiger partial charge in [-0.3, -0.25) is 9.69 Å². The summed E-state index contributed by atoms with van der Waals surface area (Å²) in [6.45, 7) is 4.47. The minimum absolute atomic E-state index is 0.00310. The van der Waals surface area contributed by atoms with Crippen LogP contribution in [0.3, 0.4) is 0 Å². The molecule has 1 aliphatic heterocycles. The van der Waals surface area contributed by atoms with E-state index in [-0.39, 0.29) is 17.5 Å². The molecule has 7 heteroatoms. The number of nitrogens with one attached hydrogen (secondary N) is 1. The molecular formula is C29H29N3O4. The van der Waals surface area contributed by atoms with Crippen LogP contribution in [0.5, 0.6) is 5.75 Å². The zero-order valence-corrected chi connectivity index (χ0v) is 20.4. The van der Waals surface area contributed by atoms with Crippen molar-refractivity contribution in [3.8, 4) is 5.75 Å². The van der Waals surface area contributed by atoms with Crippen molar-refractivity contribution in [2.24, 2.45) is 0 Å². The van der Waals surface area contributed by atoms with Gasteiger partial charge in [0.15, 0.2) is 0 Å². The van der Waals surface area contributed by atoms with Crippen molar-refractivity contribution in [3.05, 3.63) is 101 Å². The fourth-order valence-corrected chi connectivity index (χ4v) is 5.11. The highest BCUT2D eigenvalue weighted by Crippen LogP contribution is 2.35. The minimum atomic E-state index is -0.956. The fraction of sp³-hybridized carbons (Fsp3) is 0.241. The maximum Gasteiger partial charge on any atom is 0.335 e. The van der Waals surface area contributed by atoms with Gasteiger partial charge < -0.3 is 19.7 Å². The Balaban J connectivity index is 1.50. The lowest BCUT2D eigenvalue weighted by molar-refractivity contribution is 0.0455. The number of fused-ring (bicyclic) bond motifs is 1. The Morgan fingerprint density at radius 1 is 1.03 bits per heavy atom. The summed E-state index contributed by atoms with van der Waals surface area (Å²) in [5.41, 5.74) is 5.18. The number of hydrogen-bond acceptors (Lipinski definition) is 4. The highest BCUT2D eigenvalue weighted by atomic mass is 16.5. The van der Waals surface area contributed by atoms with E-state index in [4.69, 9.17) is 4.74 Å². The highest BCUT2D eigenvalue weighted by molar-refractivity contribution is 5.94. The number of carboxylic acids is 1. The number of nitrogens with zero attached hydrogens (tertiary/aromatic N) is 2. The number of amides is 1. The predicted octanol–water partition coefficient (Wildman–Crippen LogP) is 4.88. The summed E-state index contributed by atoms with van der Waals surface area (Å²) in [7, 11) is 1.69. The molecule has 1 aliphatic rings. The number of aromatic carboxylic acids is 1. The van der Waals surface area contributed by atoms with Crippen molar-refractivity contribution in [1.29, 1.82) is 0 Å². The molecule has 0 bridgehead atoms. The average molecular weight is 484 g/mol. The topological polar surface area (TPSA) is 85.9 Å². The van der Waals surface area contributed by atoms with E-state index in [0.29, 0.717) is 31.7 Å². The van der Waals surface area contributed by atoms with Gasteiger partial charge in [0.25, 0.3) is 5.91 Å². The number of aryl methyl sites for hydroxylation is 1. The zero-order valence-electron chi connectivity index (χ0n) is 20.4. The lowest BCUT2D eigenvalue weighted by atomic mass is 9.98. The molecule has 1 amide bonds. The zero-order chi connectivity index (χ0) is 25.2. The minimum Gasteiger partial charge on any atom is -0.496 e. The molecular weight excluding hydrogens is 454 g/mol. The SMILES string of the molecule is COc1cc(C)c2[nH]ccc2c1CN1CCN(C(=O)c2ccccc2)C[C@H]1c1ccc(C(=O)O)cc1. The van der Waals surface area contributed by atoms with E-state index in [1.165, 1.54) is 0 Å². The normalized spacial score (nSPS) is 16.3. The van der Waals surface area contributed by atoms with Gasteiger partial charge in [-0.15, -0.1) is 0 Å². The van der Waals surface area contributed by atoms with Gasteiger partial charge in [-0.2, -0.15) is 0 Å². The first-order valence-corrected chi connectivity index (χ1v) is 12.0. The number of hydrogen-bond donors (Lipinski definition) is 2. The molecule has 7 nitrogen and oxygen atoms in total. The van der Waals surface area contributed by atoms with E-state index in [1.807, 2.05) is 53.6 Å². The molecule has 1 saturated heterocycles. The Kier molecular flexibility index (Phi) is 6.48. The largest absolute Gasteiger partial charge is 0.496 e. The maximum absolute atomic E-state index is 13.3. The number of aromatic nitrogens is 1. The lowest BCUT2D eigenvalue weighted by Crippen LogP contribution is -2.50. The number of piperazine rings is 1. The van der Waals surface area contributed by atoms with Crippen LogP contribution in [-0.4, -0.2) is 58.5 Å². The first-order valence-electron chi connectivity index (χ1n) is 12.0. The molecule has 2 heterocycles. The van der Waals surface area contributed by atoms with Crippen LogP contribution in [0.4, 0.5) is 0 Å². The standard InChI is InChI=1S/C29H29N3O4/c1-19-16-26(36-2)24(23-12-13-30-27(19)23)17-31-14-15-32(28(33)21-6-4-3-5-7-21)18-25(31)20-8-10-22(11-9-20)29(34)35/h3-13,16,25,30H,14-15,17-18H2,1-2H3,(H,34,35)/t25-/m0/s1. The van der Waals surface area contributed by atoms with Crippen LogP contribution in [0.2, 0.25) is 0 Å². The quantitative estimate of drug-likeness (QED) is 0.408. The van der Waals surface area contributed by atoms with Crippen molar-refractivity contribution < 1.29 is 19.4 Å². The van der Waals surface area contributed by atoms with Gasteiger partial charge in [0.2, 0.25) is 0 Å². The van der Waals surface area contributed by atoms with E-state index in [2.05, 4.69) is 28.9 Å². The molecule has 5 rings (SSSR count). The Morgan fingerprint density at radius 3 is 2.47 bits per heavy atom. The molecule has 1 fully saturated rings. The van der Waals surface area contributed by atoms with Gasteiger partial charge in [-0.25, -0.2) is 4.79 Å². The van der Waals surface area contributed by atoms with Crippen LogP contribution in [0.1, 0.15) is 43.4 Å². The predicted molar refractivity (Wildman–Crippen MR) is 138 cm³/mol. The average Bonchev–Trinajstić information content (AvgIpc) is 3.41. The van der Waals surface area contributed by atoms with Gasteiger partial charge in [0.1, 0.15) is 5.75 Å². The molecule has 0 unspecified atom stereocenters. The van der Waals surface area contributed by atoms with Crippen molar-refractivity contribution in [2.45, 2.75) is 19.5 Å². The number of H-pyrrole nitrogens is 1. The summed E-state index contributed by atoms with van der Waals surface area (Å²) >= 11 is 0. The second kappa shape index (κ2) is 9.87. The van der Waals surface area contributed by atoms with Gasteiger partial charge in [0.05, 0.1) is 18.7 Å². The van der Waals surface area contributed by atoms with Crippen LogP contribution in [0, 0.1) is 6.92 Å². The van der Waals surface area contributed by atoms with E-state index in [0.717, 1.165) is 33.3 Å². The van der Waals surface area contributed by atoms with Crippen LogP contribution in [-0.2, 0) is 6.54 Å². The summed E-state index contributed by atoms with van der Waals surface area (Å²) < 4.78 is 5.78. The summed E-state index contributed by atoms with van der Waals surface area (Å²) in [5, 5.41) is 10.5. The monoisotopic (exact) mass is 483 g/mol. The number of rotatable bonds is 6. The van der Waals surface area contributed by atoms with E-state index < -0.39 is 5.97 Å². The Bertz CT molecular complexity index is 1400. The third-order valence-corrected chi connectivity index (χ3v) is 7.03. The van der Waals surface area contributed by atoms with Crippen LogP contribution in [0.15, 0.2) is 72.9 Å². The Hall–Kier alpha value is -4.10. The smallest absolute Gasteiger partial charge is 0.335 e. The summed E-state index contributed by atoms with van der Waals surface area (Å²) in [6.07, 6.45) is 1.94. The molecule has 4 aromatic rings. The van der Waals surface area contributed by atoms with Gasteiger partial charge in [0, 0.05) is 54.4 Å². The molecule has 0 radical (unpaired) electrons. The Labute approximate surface area is 209 Å². The van der Waals surface area contributed by atoms with E-state index >= 15 is 0 Å². The number of carbonyl (C=O) groups excluding carboxylic acids is 1. The second-order valence-corrected chi connectivity index (χ2v) is 9.17. The van der Waals surface area contributed by atoms with Gasteiger partial charge >= 0.3 is 5.97 Å². The van der Waals surface area contributed by atoms with E-state index in [9.17, 15) is 14.7 Å². The number of aromatic amines is 1. The van der Waals surface area contributed by atoms with Crippen molar-refractivity contribution >= 4 is 22.8 Å². The number of carboxylic acid groups (broad SMARTS) is 1. The maximum atomic E-state index is 13.3. The third kappa shape index (κ3) is 4.45. The van der Waals surface area contributed by atoms with Crippen molar-refractivity contribution in [3.63, 3.8) is 0 Å². The molecule has 2 N–H and O–H groups in total. The number of benzene rings is 3. The highest BCUT2D eigenvalue weighted by Gasteiger charge is 2.32. The molecule has 184 valence electrons. The Morgan fingerprint density at radius 2 is 1.78 bits per heavy atom. The van der Waals surface area contributed by atoms with Crippen molar-refractivity contribution in [1.82, 2.24) is 14.8 Å². The number of carbonyl (C=O) groups is 2. The van der Waals surface area contributed by atoms with Crippen LogP contribution < -0.4 is 4.74 Å². The molecule has 1 aromatic heterocycles. The summed E-state index contributed by atoms with van der Waals surface area (Å²) in [5.74, 6) is -0.118.